The van der Waals surface area contributed by atoms with Crippen LogP contribution in [0.3, 0.4) is 0 Å². The number of thioether (sulfide) groups is 1. The van der Waals surface area contributed by atoms with E-state index in [0.29, 0.717) is 21.8 Å². The van der Waals surface area contributed by atoms with Gasteiger partial charge in [0, 0.05) is 18.1 Å². The van der Waals surface area contributed by atoms with E-state index >= 15 is 0 Å². The molecule has 0 spiro atoms. The lowest BCUT2D eigenvalue weighted by Gasteiger charge is -2.00. The van der Waals surface area contributed by atoms with Crippen molar-refractivity contribution in [1.82, 2.24) is 24.3 Å². The predicted molar refractivity (Wildman–Crippen MR) is 93.2 cm³/mol. The van der Waals surface area contributed by atoms with Gasteiger partial charge < -0.3 is 10.2 Å². The molecule has 4 heterocycles. The van der Waals surface area contributed by atoms with Gasteiger partial charge in [0.2, 0.25) is 5.16 Å². The number of aromatic nitrogens is 5. The summed E-state index contributed by atoms with van der Waals surface area (Å²) in [5.41, 5.74) is 1.79. The molecule has 116 valence electrons. The van der Waals surface area contributed by atoms with Gasteiger partial charge in [0.05, 0.1) is 15.6 Å². The van der Waals surface area contributed by atoms with Crippen LogP contribution >= 0.6 is 34.7 Å². The van der Waals surface area contributed by atoms with Crippen molar-refractivity contribution >= 4 is 40.3 Å². The first-order valence-corrected chi connectivity index (χ1v) is 8.95. The fourth-order valence-electron chi connectivity index (χ4n) is 2.17. The first-order chi connectivity index (χ1) is 11.2. The molecule has 0 saturated heterocycles. The molecule has 0 fully saturated rings. The van der Waals surface area contributed by atoms with Gasteiger partial charge in [0.1, 0.15) is 5.65 Å². The zero-order chi connectivity index (χ0) is 15.8. The van der Waals surface area contributed by atoms with Crippen molar-refractivity contribution in [1.29, 1.82) is 0 Å². The molecule has 0 unspecified atom stereocenters. The van der Waals surface area contributed by atoms with Gasteiger partial charge in [-0.3, -0.25) is 0 Å². The Balaban J connectivity index is 1.54. The van der Waals surface area contributed by atoms with Gasteiger partial charge in [-0.25, -0.2) is 9.66 Å². The maximum absolute atomic E-state index is 6.09. The van der Waals surface area contributed by atoms with Crippen LogP contribution in [0.5, 0.6) is 0 Å². The lowest BCUT2D eigenvalue weighted by Crippen LogP contribution is -2.11. The molecular weight excluding hydrogens is 352 g/mol. The average Bonchev–Trinajstić information content (AvgIpc) is 3.24. The maximum Gasteiger partial charge on any atom is 0.210 e. The van der Waals surface area contributed by atoms with Gasteiger partial charge in [-0.2, -0.15) is 0 Å². The maximum atomic E-state index is 6.09. The molecule has 2 N–H and O–H groups in total. The molecule has 0 saturated carbocycles. The van der Waals surface area contributed by atoms with Gasteiger partial charge in [-0.1, -0.05) is 29.4 Å². The SMILES string of the molecule is Nn1c(SCc2cn3cc(Cl)ccc3n2)nnc1-c1cccs1. The Morgan fingerprint density at radius 1 is 1.22 bits per heavy atom. The second-order valence-electron chi connectivity index (χ2n) is 4.79. The third-order valence-electron chi connectivity index (χ3n) is 3.22. The highest BCUT2D eigenvalue weighted by Gasteiger charge is 2.13. The van der Waals surface area contributed by atoms with Crippen molar-refractivity contribution in [3.05, 3.63) is 52.8 Å². The van der Waals surface area contributed by atoms with Crippen molar-refractivity contribution in [2.45, 2.75) is 10.9 Å². The fourth-order valence-corrected chi connectivity index (χ4v) is 3.79. The number of pyridine rings is 1. The molecule has 23 heavy (non-hydrogen) atoms. The summed E-state index contributed by atoms with van der Waals surface area (Å²) in [6.45, 7) is 0. The minimum atomic E-state index is 0.652. The second kappa shape index (κ2) is 5.88. The molecule has 6 nitrogen and oxygen atoms in total. The van der Waals surface area contributed by atoms with Crippen molar-refractivity contribution in [3.63, 3.8) is 0 Å². The third-order valence-corrected chi connectivity index (χ3v) is 5.29. The Kier molecular flexibility index (Phi) is 3.72. The van der Waals surface area contributed by atoms with Crippen LogP contribution in [-0.2, 0) is 5.75 Å². The monoisotopic (exact) mass is 362 g/mol. The predicted octanol–water partition coefficient (Wildman–Crippen LogP) is 3.31. The standard InChI is InChI=1S/C14H11ClN6S2/c15-9-3-4-12-17-10(7-20(12)6-9)8-23-14-19-18-13(21(14)16)11-2-1-5-22-11/h1-7H,8,16H2. The van der Waals surface area contributed by atoms with Crippen LogP contribution in [0, 0.1) is 0 Å². The Hall–Kier alpha value is -2.03. The molecule has 0 aliphatic rings. The average molecular weight is 363 g/mol. The van der Waals surface area contributed by atoms with E-state index in [4.69, 9.17) is 17.4 Å². The van der Waals surface area contributed by atoms with Crippen LogP contribution in [0.15, 0.2) is 47.2 Å². The summed E-state index contributed by atoms with van der Waals surface area (Å²) in [4.78, 5) is 5.54. The van der Waals surface area contributed by atoms with E-state index in [2.05, 4.69) is 15.2 Å². The number of fused-ring (bicyclic) bond motifs is 1. The molecule has 4 rings (SSSR count). The third kappa shape index (κ3) is 2.80. The fraction of sp³-hybridized carbons (Fsp3) is 0.0714. The number of nitrogens with two attached hydrogens (primary N) is 1. The summed E-state index contributed by atoms with van der Waals surface area (Å²) in [6.07, 6.45) is 3.78. The molecule has 0 atom stereocenters. The quantitative estimate of drug-likeness (QED) is 0.445. The number of halogens is 1. The molecule has 0 aromatic carbocycles. The van der Waals surface area contributed by atoms with Gasteiger partial charge >= 0.3 is 0 Å². The van der Waals surface area contributed by atoms with Crippen LogP contribution in [0.2, 0.25) is 5.02 Å². The molecule has 0 radical (unpaired) electrons. The van der Waals surface area contributed by atoms with Crippen molar-refractivity contribution in [3.8, 4) is 10.7 Å². The molecule has 0 bridgehead atoms. The zero-order valence-electron chi connectivity index (χ0n) is 11.8. The lowest BCUT2D eigenvalue weighted by atomic mass is 10.4. The summed E-state index contributed by atoms with van der Waals surface area (Å²) >= 11 is 9.06. The molecule has 4 aromatic heterocycles. The largest absolute Gasteiger partial charge is 0.335 e. The van der Waals surface area contributed by atoms with Gasteiger partial charge in [-0.15, -0.1) is 21.5 Å². The summed E-state index contributed by atoms with van der Waals surface area (Å²) in [7, 11) is 0. The Labute approximate surface area is 144 Å². The molecule has 9 heteroatoms. The molecule has 4 aromatic rings. The van der Waals surface area contributed by atoms with Gasteiger partial charge in [0.25, 0.3) is 0 Å². The van der Waals surface area contributed by atoms with E-state index < -0.39 is 0 Å². The minimum Gasteiger partial charge on any atom is -0.335 e. The molecular formula is C14H11ClN6S2. The van der Waals surface area contributed by atoms with Crippen molar-refractivity contribution < 1.29 is 0 Å². The summed E-state index contributed by atoms with van der Waals surface area (Å²) in [5, 5.41) is 11.6. The Bertz CT molecular complexity index is 959. The van der Waals surface area contributed by atoms with Crippen LogP contribution in [0.1, 0.15) is 5.69 Å². The number of hydrogen-bond acceptors (Lipinski definition) is 6. The number of nitrogens with zero attached hydrogens (tertiary/aromatic N) is 5. The van der Waals surface area contributed by atoms with E-state index in [1.807, 2.05) is 46.4 Å². The highest BCUT2D eigenvalue weighted by molar-refractivity contribution is 7.98. The zero-order valence-corrected chi connectivity index (χ0v) is 14.1. The number of imidazole rings is 1. The van der Waals surface area contributed by atoms with E-state index in [1.54, 1.807) is 11.3 Å². The van der Waals surface area contributed by atoms with Crippen LogP contribution in [0.4, 0.5) is 0 Å². The Morgan fingerprint density at radius 3 is 2.96 bits per heavy atom. The smallest absolute Gasteiger partial charge is 0.210 e. The van der Waals surface area contributed by atoms with Crippen molar-refractivity contribution in [2.24, 2.45) is 0 Å². The van der Waals surface area contributed by atoms with E-state index in [9.17, 15) is 0 Å². The minimum absolute atomic E-state index is 0.652. The molecule has 0 amide bonds. The Morgan fingerprint density at radius 2 is 2.13 bits per heavy atom. The topological polar surface area (TPSA) is 74.0 Å². The van der Waals surface area contributed by atoms with Crippen LogP contribution < -0.4 is 5.84 Å². The first kappa shape index (κ1) is 14.6. The number of hydrogen-bond donors (Lipinski definition) is 1. The molecule has 0 aliphatic carbocycles. The van der Waals surface area contributed by atoms with Gasteiger partial charge in [0.15, 0.2) is 5.82 Å². The highest BCUT2D eigenvalue weighted by Crippen LogP contribution is 2.26. The normalized spacial score (nSPS) is 11.3. The van der Waals surface area contributed by atoms with Crippen LogP contribution in [0.25, 0.3) is 16.3 Å². The molecule has 0 aliphatic heterocycles. The summed E-state index contributed by atoms with van der Waals surface area (Å²) in [5.74, 6) is 7.41. The van der Waals surface area contributed by atoms with Gasteiger partial charge in [-0.05, 0) is 23.6 Å². The number of rotatable bonds is 4. The summed E-state index contributed by atoms with van der Waals surface area (Å²) < 4.78 is 3.42. The van der Waals surface area contributed by atoms with E-state index in [0.717, 1.165) is 16.2 Å². The van der Waals surface area contributed by atoms with E-state index in [1.165, 1.54) is 16.4 Å². The lowest BCUT2D eigenvalue weighted by molar-refractivity contribution is 0.850. The number of nitrogen functional groups attached to an aromatic ring is 1. The van der Waals surface area contributed by atoms with Crippen molar-refractivity contribution in [2.75, 3.05) is 5.84 Å². The number of thiophene rings is 1. The highest BCUT2D eigenvalue weighted by atomic mass is 35.5. The van der Waals surface area contributed by atoms with Crippen LogP contribution in [-0.4, -0.2) is 24.3 Å². The van der Waals surface area contributed by atoms with E-state index in [-0.39, 0.29) is 0 Å². The first-order valence-electron chi connectivity index (χ1n) is 6.71. The second-order valence-corrected chi connectivity index (χ2v) is 7.11. The summed E-state index contributed by atoms with van der Waals surface area (Å²) in [6, 6.07) is 7.64.